The summed E-state index contributed by atoms with van der Waals surface area (Å²) in [5.41, 5.74) is 27.9. The minimum atomic E-state index is -1.23. The van der Waals surface area contributed by atoms with E-state index in [1.54, 1.807) is 58.4 Å². The molecule has 0 heterocycles. The summed E-state index contributed by atoms with van der Waals surface area (Å²) in [7, 11) is 5.38. The van der Waals surface area contributed by atoms with E-state index in [-0.39, 0.29) is 20.4 Å². The third-order valence-corrected chi connectivity index (χ3v) is 14.5. The van der Waals surface area contributed by atoms with E-state index in [4.69, 9.17) is 16.2 Å². The number of hydrogen-bond acceptors (Lipinski definition) is 2. The van der Waals surface area contributed by atoms with Crippen molar-refractivity contribution >= 4 is 30.8 Å². The van der Waals surface area contributed by atoms with E-state index in [9.17, 15) is 5.11 Å². The van der Waals surface area contributed by atoms with E-state index in [1.807, 2.05) is 55.4 Å². The third kappa shape index (κ3) is 9.53. The van der Waals surface area contributed by atoms with Crippen LogP contribution in [0.1, 0.15) is 83.5 Å². The van der Waals surface area contributed by atoms with Crippen LogP contribution in [0.5, 0.6) is 5.75 Å². The van der Waals surface area contributed by atoms with Gasteiger partial charge in [-0.25, -0.2) is 0 Å². The molecule has 0 aromatic heterocycles. The first-order valence-electron chi connectivity index (χ1n) is 18.2. The quantitative estimate of drug-likeness (QED) is 0.104. The number of aliphatic hydroxyl groups excluding tert-OH is 1. The Kier molecular flexibility index (Phi) is 16.2. The van der Waals surface area contributed by atoms with E-state index in [0.717, 1.165) is 22.5 Å². The van der Waals surface area contributed by atoms with Crippen LogP contribution in [0, 0.1) is 12.0 Å². The van der Waals surface area contributed by atoms with Crippen LogP contribution in [0.3, 0.4) is 0 Å². The van der Waals surface area contributed by atoms with Gasteiger partial charge in [-0.1, -0.05) is 67.8 Å². The van der Waals surface area contributed by atoms with Crippen LogP contribution in [-0.2, 0) is 48.7 Å². The molecule has 6 rings (SSSR count). The topological polar surface area (TPSA) is 77.1 Å². The Balaban J connectivity index is 0.000000220. The van der Waals surface area contributed by atoms with Crippen molar-refractivity contribution in [1.29, 1.82) is 0 Å². The standard InChI is InChI=1S/C24H32P2.C19H23N2O2.ClH.Ru/c1-25(2)21-15-13-17-9-5-7-11-19(17)23(21)24-20-12-8-6-10-18(20)14-16-22(24)26(3)4;1-13(2)18(20)19(21,15-6-4-14(12-22)5-7-15)16-8-10-17(23-3)11-9-16;;/h5,7,9,11,14,16,21,23H,6,8,10,12-13,15H2,1-4H3;4-6,8-11,13,18,20-22H,12H2,1-3H3;1H;/q;-3;;+4/p+1/t21-,23+;;;/m1.../s1. The SMILES string of the molecule is COc1ccc(C([NH-])(c2[c-]cc(CO)cc2)C([NH-])C(C)C)cc1.C[PH+](C)c1ccc2c(c1[C@H]1c3ccccc3CC[C@H]1[PH+](C)C)CCCC2.[Cl][Ru+3]. The Hall–Kier alpha value is -1.67. The Morgan fingerprint density at radius 3 is 2.20 bits per heavy atom. The summed E-state index contributed by atoms with van der Waals surface area (Å²) in [6.07, 6.45) is 8.05. The van der Waals surface area contributed by atoms with Crippen molar-refractivity contribution in [3.05, 3.63) is 141 Å². The molecule has 0 radical (unpaired) electrons. The monoisotopic (exact) mass is 832 g/mol. The number of halogens is 1. The van der Waals surface area contributed by atoms with Gasteiger partial charge in [-0.2, -0.15) is 29.8 Å². The van der Waals surface area contributed by atoms with E-state index >= 15 is 0 Å². The predicted molar refractivity (Wildman–Crippen MR) is 222 cm³/mol. The Morgan fingerprint density at radius 2 is 1.61 bits per heavy atom. The summed E-state index contributed by atoms with van der Waals surface area (Å²) < 4.78 is 5.18. The zero-order chi connectivity index (χ0) is 37.3. The van der Waals surface area contributed by atoms with Crippen LogP contribution in [0.4, 0.5) is 0 Å². The molecule has 0 spiro atoms. The van der Waals surface area contributed by atoms with Crippen molar-refractivity contribution < 1.29 is 27.2 Å². The molecule has 3 N–H and O–H groups in total. The second kappa shape index (κ2) is 19.6. The van der Waals surface area contributed by atoms with Gasteiger partial charge < -0.3 is 21.3 Å². The molecule has 4 aromatic carbocycles. The van der Waals surface area contributed by atoms with Crippen LogP contribution < -0.4 is 10.0 Å². The molecule has 4 aromatic rings. The van der Waals surface area contributed by atoms with E-state index in [1.165, 1.54) is 38.5 Å². The Bertz CT molecular complexity index is 1630. The first-order valence-corrected chi connectivity index (χ1v) is 25.5. The number of nitrogens with one attached hydrogen (secondary N) is 2. The summed E-state index contributed by atoms with van der Waals surface area (Å²) in [5, 5.41) is 10.9. The molecule has 0 saturated carbocycles. The predicted octanol–water partition coefficient (Wildman–Crippen LogP) is 10.6. The molecular weight excluding hydrogens is 775 g/mol. The number of methoxy groups -OCH3 is 1. The van der Waals surface area contributed by atoms with Gasteiger partial charge in [-0.05, 0) is 86.9 Å². The minimum absolute atomic E-state index is 0.0144. The van der Waals surface area contributed by atoms with Gasteiger partial charge >= 0.3 is 27.0 Å². The number of aliphatic hydroxyl groups is 1. The van der Waals surface area contributed by atoms with Crippen molar-refractivity contribution in [1.82, 2.24) is 0 Å². The first kappa shape index (κ1) is 42.1. The van der Waals surface area contributed by atoms with Crippen LogP contribution in [0.25, 0.3) is 11.5 Å². The van der Waals surface area contributed by atoms with Crippen LogP contribution in [-0.4, -0.2) is 50.6 Å². The van der Waals surface area contributed by atoms with Gasteiger partial charge in [-0.3, -0.25) is 0 Å². The van der Waals surface area contributed by atoms with Crippen LogP contribution in [0.15, 0.2) is 78.9 Å². The fraction of sp³-hybridized carbons (Fsp3) is 0.442. The molecule has 51 heavy (non-hydrogen) atoms. The molecule has 0 amide bonds. The number of hydrogen-bond donors (Lipinski definition) is 1. The molecule has 0 aliphatic heterocycles. The van der Waals surface area contributed by atoms with Crippen molar-refractivity contribution in [2.45, 2.75) is 82.1 Å². The number of ether oxygens (including phenoxy) is 1. The molecule has 2 aliphatic carbocycles. The van der Waals surface area contributed by atoms with Gasteiger partial charge in [0, 0.05) is 39.3 Å². The molecule has 4 atom stereocenters. The summed E-state index contributed by atoms with van der Waals surface area (Å²) in [6, 6.07) is 29.4. The van der Waals surface area contributed by atoms with Crippen LogP contribution >= 0.6 is 25.5 Å². The average Bonchev–Trinajstić information content (AvgIpc) is 3.17. The average molecular weight is 832 g/mol. The Labute approximate surface area is 324 Å². The normalized spacial score (nSPS) is 18.4. The van der Waals surface area contributed by atoms with Gasteiger partial charge in [0.1, 0.15) is 5.75 Å². The molecular formula is C43H57ClN2O2P2Ru+2. The third-order valence-electron chi connectivity index (χ3n) is 10.8. The number of fused-ring (bicyclic) bond motifs is 2. The Morgan fingerprint density at radius 1 is 0.922 bits per heavy atom. The first-order chi connectivity index (χ1) is 24.5. The number of benzene rings is 4. The summed E-state index contributed by atoms with van der Waals surface area (Å²) >= 11 is 1.82. The van der Waals surface area contributed by atoms with E-state index < -0.39 is 19.5 Å². The maximum atomic E-state index is 9.19. The molecule has 274 valence electrons. The van der Waals surface area contributed by atoms with Gasteiger partial charge in [0.2, 0.25) is 0 Å². The summed E-state index contributed by atoms with van der Waals surface area (Å²) in [5.74, 6) is 1.40. The second-order valence-electron chi connectivity index (χ2n) is 14.8. The maximum absolute atomic E-state index is 9.19. The molecule has 0 saturated heterocycles. The molecule has 0 bridgehead atoms. The van der Waals surface area contributed by atoms with Gasteiger partial charge in [-0.15, -0.1) is 17.1 Å². The fourth-order valence-corrected chi connectivity index (χ4v) is 11.0. The molecule has 0 fully saturated rings. The van der Waals surface area contributed by atoms with Gasteiger partial charge in [0.15, 0.2) is 0 Å². The second-order valence-corrected chi connectivity index (χ2v) is 20.2. The van der Waals surface area contributed by atoms with Crippen molar-refractivity contribution in [3.63, 3.8) is 0 Å². The number of rotatable bonds is 9. The molecule has 2 unspecified atom stereocenters. The van der Waals surface area contributed by atoms with Crippen molar-refractivity contribution in [2.24, 2.45) is 5.92 Å². The summed E-state index contributed by atoms with van der Waals surface area (Å²) in [6.45, 7) is 13.9. The van der Waals surface area contributed by atoms with Gasteiger partial charge in [0.25, 0.3) is 0 Å². The van der Waals surface area contributed by atoms with Crippen LogP contribution in [0.2, 0.25) is 0 Å². The molecule has 8 heteroatoms. The fourth-order valence-electron chi connectivity index (χ4n) is 8.04. The van der Waals surface area contributed by atoms with E-state index in [0.29, 0.717) is 11.5 Å². The molecule has 4 nitrogen and oxygen atoms in total. The zero-order valence-electron chi connectivity index (χ0n) is 31.4. The van der Waals surface area contributed by atoms with E-state index in [2.05, 4.69) is 78.8 Å². The number of aryl methyl sites for hydroxylation is 2. The zero-order valence-corrected chi connectivity index (χ0v) is 35.8. The summed E-state index contributed by atoms with van der Waals surface area (Å²) in [4.78, 5) is 0. The van der Waals surface area contributed by atoms with Crippen molar-refractivity contribution in [3.8, 4) is 5.75 Å². The van der Waals surface area contributed by atoms with Gasteiger partial charge in [0.05, 0.1) is 31.4 Å². The molecule has 2 aliphatic rings. The van der Waals surface area contributed by atoms with Crippen molar-refractivity contribution in [2.75, 3.05) is 33.8 Å².